The number of benzene rings is 1. The second-order valence-corrected chi connectivity index (χ2v) is 5.04. The summed E-state index contributed by atoms with van der Waals surface area (Å²) in [5, 5.41) is 6.22. The number of carbonyl (C=O) groups is 1. The molecule has 2 aliphatic heterocycles. The predicted molar refractivity (Wildman–Crippen MR) is 69.9 cm³/mol. The fourth-order valence-electron chi connectivity index (χ4n) is 2.52. The van der Waals surface area contributed by atoms with Gasteiger partial charge in [0, 0.05) is 24.6 Å². The van der Waals surface area contributed by atoms with Gasteiger partial charge < -0.3 is 15.4 Å². The van der Waals surface area contributed by atoms with E-state index >= 15 is 0 Å². The average Bonchev–Trinajstić information content (AvgIpc) is 2.89. The summed E-state index contributed by atoms with van der Waals surface area (Å²) in [5.41, 5.74) is 2.11. The summed E-state index contributed by atoms with van der Waals surface area (Å²) < 4.78 is 5.83. The molecule has 0 aliphatic carbocycles. The van der Waals surface area contributed by atoms with Crippen molar-refractivity contribution in [2.45, 2.75) is 19.3 Å². The molecule has 0 radical (unpaired) electrons. The molecule has 1 atom stereocenters. The summed E-state index contributed by atoms with van der Waals surface area (Å²) in [4.78, 5) is 11.3. The van der Waals surface area contributed by atoms with Crippen molar-refractivity contribution < 1.29 is 9.53 Å². The fourth-order valence-corrected chi connectivity index (χ4v) is 2.52. The Bertz CT molecular complexity index is 453. The zero-order valence-electron chi connectivity index (χ0n) is 10.4. The highest BCUT2D eigenvalue weighted by molar-refractivity contribution is 5.93. The van der Waals surface area contributed by atoms with E-state index in [0.717, 1.165) is 37.6 Å². The van der Waals surface area contributed by atoms with E-state index in [1.165, 1.54) is 12.0 Å². The maximum Gasteiger partial charge on any atom is 0.224 e. The largest absolute Gasteiger partial charge is 0.493 e. The second kappa shape index (κ2) is 4.98. The molecule has 2 heterocycles. The maximum atomic E-state index is 11.3. The lowest BCUT2D eigenvalue weighted by molar-refractivity contribution is -0.116. The standard InChI is InChI=1S/C14H18N2O2/c17-14-4-1-11-7-12(2-3-13(11)16-14)18-9-10-5-6-15-8-10/h2-3,7,10,15H,1,4-6,8-9H2,(H,16,17). The molecule has 1 unspecified atom stereocenters. The van der Waals surface area contributed by atoms with E-state index in [1.54, 1.807) is 0 Å². The zero-order valence-corrected chi connectivity index (χ0v) is 10.4. The minimum absolute atomic E-state index is 0.105. The molecule has 2 N–H and O–H groups in total. The summed E-state index contributed by atoms with van der Waals surface area (Å²) in [6.07, 6.45) is 2.58. The van der Waals surface area contributed by atoms with Gasteiger partial charge in [0.1, 0.15) is 5.75 Å². The molecule has 4 heteroatoms. The number of aryl methyl sites for hydroxylation is 1. The van der Waals surface area contributed by atoms with E-state index in [4.69, 9.17) is 4.74 Å². The number of hydrogen-bond donors (Lipinski definition) is 2. The monoisotopic (exact) mass is 246 g/mol. The van der Waals surface area contributed by atoms with Crippen molar-refractivity contribution in [2.75, 3.05) is 25.0 Å². The number of anilines is 1. The maximum absolute atomic E-state index is 11.3. The third-order valence-electron chi connectivity index (χ3n) is 3.62. The Morgan fingerprint density at radius 3 is 3.11 bits per heavy atom. The Labute approximate surface area is 107 Å². The highest BCUT2D eigenvalue weighted by Gasteiger charge is 2.17. The lowest BCUT2D eigenvalue weighted by atomic mass is 10.0. The first-order valence-electron chi connectivity index (χ1n) is 6.57. The van der Waals surface area contributed by atoms with Gasteiger partial charge in [-0.3, -0.25) is 4.79 Å². The van der Waals surface area contributed by atoms with E-state index in [2.05, 4.69) is 16.7 Å². The molecule has 3 rings (SSSR count). The molecular formula is C14H18N2O2. The van der Waals surface area contributed by atoms with E-state index in [9.17, 15) is 4.79 Å². The van der Waals surface area contributed by atoms with Crippen molar-refractivity contribution in [3.63, 3.8) is 0 Å². The Morgan fingerprint density at radius 1 is 1.33 bits per heavy atom. The number of ether oxygens (including phenoxy) is 1. The van der Waals surface area contributed by atoms with Crippen LogP contribution >= 0.6 is 0 Å². The lowest BCUT2D eigenvalue weighted by Crippen LogP contribution is -2.19. The molecule has 2 aliphatic rings. The van der Waals surface area contributed by atoms with Gasteiger partial charge in [0.2, 0.25) is 5.91 Å². The molecule has 0 spiro atoms. The number of fused-ring (bicyclic) bond motifs is 1. The Morgan fingerprint density at radius 2 is 2.28 bits per heavy atom. The molecule has 0 saturated carbocycles. The van der Waals surface area contributed by atoms with E-state index < -0.39 is 0 Å². The van der Waals surface area contributed by atoms with Gasteiger partial charge in [0.05, 0.1) is 6.61 Å². The molecule has 18 heavy (non-hydrogen) atoms. The van der Waals surface area contributed by atoms with Crippen LogP contribution in [0.4, 0.5) is 5.69 Å². The van der Waals surface area contributed by atoms with Crippen LogP contribution in [0.5, 0.6) is 5.75 Å². The molecule has 1 fully saturated rings. The first kappa shape index (κ1) is 11.5. The summed E-state index contributed by atoms with van der Waals surface area (Å²) in [7, 11) is 0. The molecule has 1 saturated heterocycles. The Kier molecular flexibility index (Phi) is 3.19. The molecular weight excluding hydrogens is 228 g/mol. The zero-order chi connectivity index (χ0) is 12.4. The van der Waals surface area contributed by atoms with Crippen molar-refractivity contribution in [3.8, 4) is 5.75 Å². The fraction of sp³-hybridized carbons (Fsp3) is 0.500. The van der Waals surface area contributed by atoms with Gasteiger partial charge in [-0.15, -0.1) is 0 Å². The number of nitrogens with one attached hydrogen (secondary N) is 2. The van der Waals surface area contributed by atoms with Gasteiger partial charge in [-0.2, -0.15) is 0 Å². The smallest absolute Gasteiger partial charge is 0.224 e. The van der Waals surface area contributed by atoms with Crippen LogP contribution in [-0.4, -0.2) is 25.6 Å². The molecule has 4 nitrogen and oxygen atoms in total. The van der Waals surface area contributed by atoms with Crippen LogP contribution in [-0.2, 0) is 11.2 Å². The lowest BCUT2D eigenvalue weighted by Gasteiger charge is -2.18. The van der Waals surface area contributed by atoms with Crippen LogP contribution in [0.25, 0.3) is 0 Å². The number of rotatable bonds is 3. The number of hydrogen-bond acceptors (Lipinski definition) is 3. The number of carbonyl (C=O) groups excluding carboxylic acids is 1. The van der Waals surface area contributed by atoms with Crippen LogP contribution in [0.15, 0.2) is 18.2 Å². The molecule has 0 aromatic heterocycles. The normalized spacial score (nSPS) is 22.4. The van der Waals surface area contributed by atoms with E-state index in [-0.39, 0.29) is 5.91 Å². The van der Waals surface area contributed by atoms with Gasteiger partial charge in [-0.05, 0) is 43.1 Å². The van der Waals surface area contributed by atoms with Gasteiger partial charge in [-0.1, -0.05) is 0 Å². The third kappa shape index (κ3) is 2.48. The summed E-state index contributed by atoms with van der Waals surface area (Å²) in [6, 6.07) is 5.93. The van der Waals surface area contributed by atoms with Crippen LogP contribution in [0.3, 0.4) is 0 Å². The van der Waals surface area contributed by atoms with Crippen molar-refractivity contribution >= 4 is 11.6 Å². The summed E-state index contributed by atoms with van der Waals surface area (Å²) in [5.74, 6) is 1.64. The van der Waals surface area contributed by atoms with E-state index in [0.29, 0.717) is 12.3 Å². The predicted octanol–water partition coefficient (Wildman–Crippen LogP) is 1.56. The van der Waals surface area contributed by atoms with E-state index in [1.807, 2.05) is 12.1 Å². The van der Waals surface area contributed by atoms with Gasteiger partial charge in [-0.25, -0.2) is 0 Å². The van der Waals surface area contributed by atoms with Crippen LogP contribution in [0.2, 0.25) is 0 Å². The average molecular weight is 246 g/mol. The summed E-state index contributed by atoms with van der Waals surface area (Å²) in [6.45, 7) is 2.93. The van der Waals surface area contributed by atoms with Gasteiger partial charge in [0.15, 0.2) is 0 Å². The molecule has 0 bridgehead atoms. The highest BCUT2D eigenvalue weighted by atomic mass is 16.5. The topological polar surface area (TPSA) is 50.4 Å². The molecule has 1 aromatic rings. The van der Waals surface area contributed by atoms with Crippen LogP contribution in [0, 0.1) is 5.92 Å². The number of amides is 1. The molecule has 96 valence electrons. The van der Waals surface area contributed by atoms with Crippen LogP contribution < -0.4 is 15.4 Å². The highest BCUT2D eigenvalue weighted by Crippen LogP contribution is 2.27. The summed E-state index contributed by atoms with van der Waals surface area (Å²) >= 11 is 0. The van der Waals surface area contributed by atoms with Crippen molar-refractivity contribution in [3.05, 3.63) is 23.8 Å². The quantitative estimate of drug-likeness (QED) is 0.851. The van der Waals surface area contributed by atoms with Crippen LogP contribution in [0.1, 0.15) is 18.4 Å². The van der Waals surface area contributed by atoms with Gasteiger partial charge in [0.25, 0.3) is 0 Å². The first-order valence-corrected chi connectivity index (χ1v) is 6.57. The van der Waals surface area contributed by atoms with Gasteiger partial charge >= 0.3 is 0 Å². The second-order valence-electron chi connectivity index (χ2n) is 5.04. The minimum atomic E-state index is 0.105. The van der Waals surface area contributed by atoms with Crippen molar-refractivity contribution in [1.82, 2.24) is 5.32 Å². The Hall–Kier alpha value is -1.55. The molecule has 1 aromatic carbocycles. The molecule has 1 amide bonds. The Balaban J connectivity index is 1.64. The third-order valence-corrected chi connectivity index (χ3v) is 3.62. The van der Waals surface area contributed by atoms with Crippen molar-refractivity contribution in [1.29, 1.82) is 0 Å². The first-order chi connectivity index (χ1) is 8.81. The minimum Gasteiger partial charge on any atom is -0.493 e. The van der Waals surface area contributed by atoms with Crippen molar-refractivity contribution in [2.24, 2.45) is 5.92 Å². The SMILES string of the molecule is O=C1CCc2cc(OCC3CCNC3)ccc2N1.